The molecule has 1 atom stereocenters. The third-order valence-electron chi connectivity index (χ3n) is 7.68. The van der Waals surface area contributed by atoms with E-state index in [0.29, 0.717) is 37.4 Å². The molecular weight excluding hydrogens is 452 g/mol. The summed E-state index contributed by atoms with van der Waals surface area (Å²) < 4.78 is 0. The van der Waals surface area contributed by atoms with E-state index in [1.54, 1.807) is 0 Å². The predicted molar refractivity (Wildman–Crippen MR) is 141 cm³/mol. The lowest BCUT2D eigenvalue weighted by atomic mass is 9.94. The van der Waals surface area contributed by atoms with Gasteiger partial charge in [-0.1, -0.05) is 37.3 Å². The van der Waals surface area contributed by atoms with Gasteiger partial charge in [0.25, 0.3) is 5.91 Å². The van der Waals surface area contributed by atoms with Crippen molar-refractivity contribution in [2.45, 2.75) is 44.9 Å². The average Bonchev–Trinajstić information content (AvgIpc) is 3.63. The van der Waals surface area contributed by atoms with Crippen molar-refractivity contribution in [1.29, 1.82) is 0 Å². The molecule has 5 rings (SSSR count). The van der Waals surface area contributed by atoms with Gasteiger partial charge in [0, 0.05) is 56.6 Å². The van der Waals surface area contributed by atoms with Gasteiger partial charge in [0.2, 0.25) is 11.8 Å². The van der Waals surface area contributed by atoms with Crippen molar-refractivity contribution >= 4 is 29.1 Å². The minimum atomic E-state index is -0.126. The van der Waals surface area contributed by atoms with E-state index in [4.69, 9.17) is 0 Å². The van der Waals surface area contributed by atoms with Crippen LogP contribution in [0.2, 0.25) is 0 Å². The summed E-state index contributed by atoms with van der Waals surface area (Å²) in [6, 6.07) is 15.7. The average molecular weight is 489 g/mol. The highest BCUT2D eigenvalue weighted by Crippen LogP contribution is 2.32. The lowest BCUT2D eigenvalue weighted by molar-refractivity contribution is -0.133. The fraction of sp³-hybridized carbons (Fsp3) is 0.483. The van der Waals surface area contributed by atoms with Crippen LogP contribution in [0.5, 0.6) is 0 Å². The minimum absolute atomic E-state index is 0.0265. The summed E-state index contributed by atoms with van der Waals surface area (Å²) in [6.07, 6.45) is 4.71. The van der Waals surface area contributed by atoms with Gasteiger partial charge in [0.15, 0.2) is 0 Å². The van der Waals surface area contributed by atoms with Crippen molar-refractivity contribution in [2.75, 3.05) is 49.5 Å². The number of carbonyl (C=O) groups excluding carboxylic acids is 3. The molecule has 2 aliphatic heterocycles. The van der Waals surface area contributed by atoms with E-state index in [9.17, 15) is 14.4 Å². The predicted octanol–water partition coefficient (Wildman–Crippen LogP) is 4.11. The molecule has 1 N–H and O–H groups in total. The van der Waals surface area contributed by atoms with Gasteiger partial charge in [-0.05, 0) is 55.9 Å². The van der Waals surface area contributed by atoms with E-state index < -0.39 is 0 Å². The molecule has 1 saturated carbocycles. The van der Waals surface area contributed by atoms with Crippen LogP contribution < -0.4 is 10.2 Å². The van der Waals surface area contributed by atoms with Crippen LogP contribution in [0.3, 0.4) is 0 Å². The summed E-state index contributed by atoms with van der Waals surface area (Å²) in [7, 11) is 0. The molecule has 2 heterocycles. The zero-order chi connectivity index (χ0) is 25.1. The third kappa shape index (κ3) is 5.25. The Balaban J connectivity index is 1.31. The molecular formula is C29H36N4O3. The maximum atomic E-state index is 13.5. The van der Waals surface area contributed by atoms with Gasteiger partial charge in [-0.25, -0.2) is 0 Å². The summed E-state index contributed by atoms with van der Waals surface area (Å²) in [6.45, 7) is 6.20. The molecule has 0 spiro atoms. The van der Waals surface area contributed by atoms with E-state index in [1.165, 1.54) is 0 Å². The molecule has 2 aromatic rings. The molecule has 0 aromatic heterocycles. The first-order chi connectivity index (χ1) is 17.5. The van der Waals surface area contributed by atoms with Crippen LogP contribution in [0.25, 0.3) is 0 Å². The van der Waals surface area contributed by atoms with Crippen molar-refractivity contribution in [3.8, 4) is 0 Å². The van der Waals surface area contributed by atoms with Gasteiger partial charge in [-0.15, -0.1) is 0 Å². The van der Waals surface area contributed by atoms with E-state index in [2.05, 4.69) is 17.1 Å². The normalized spacial score (nSPS) is 18.8. The van der Waals surface area contributed by atoms with Gasteiger partial charge >= 0.3 is 0 Å². The van der Waals surface area contributed by atoms with Gasteiger partial charge in [-0.3, -0.25) is 14.4 Å². The largest absolute Gasteiger partial charge is 0.367 e. The number of likely N-dealkylation sites (tertiary alicyclic amines) is 1. The Bertz CT molecular complexity index is 1100. The summed E-state index contributed by atoms with van der Waals surface area (Å²) in [5.74, 6) is 0.224. The van der Waals surface area contributed by atoms with Crippen LogP contribution >= 0.6 is 0 Å². The Labute approximate surface area is 213 Å². The highest BCUT2D eigenvalue weighted by molar-refractivity contribution is 6.02. The quantitative estimate of drug-likeness (QED) is 0.637. The third-order valence-corrected chi connectivity index (χ3v) is 7.68. The maximum Gasteiger partial charge on any atom is 0.256 e. The van der Waals surface area contributed by atoms with Crippen LogP contribution in [0.1, 0.15) is 60.9 Å². The lowest BCUT2D eigenvalue weighted by Gasteiger charge is -2.38. The number of hydrogen-bond donors (Lipinski definition) is 1. The molecule has 1 aliphatic carbocycles. The fourth-order valence-corrected chi connectivity index (χ4v) is 5.37. The van der Waals surface area contributed by atoms with Crippen molar-refractivity contribution < 1.29 is 14.4 Å². The first kappa shape index (κ1) is 24.3. The number of nitrogens with zero attached hydrogens (tertiary/aromatic N) is 3. The number of piperazine rings is 1. The summed E-state index contributed by atoms with van der Waals surface area (Å²) in [5.41, 5.74) is 3.27. The van der Waals surface area contributed by atoms with Crippen LogP contribution in [0.4, 0.5) is 11.4 Å². The second-order valence-electron chi connectivity index (χ2n) is 10.2. The van der Waals surface area contributed by atoms with Gasteiger partial charge in [0.1, 0.15) is 0 Å². The molecule has 3 aliphatic rings. The molecule has 36 heavy (non-hydrogen) atoms. The number of carbonyl (C=O) groups is 3. The van der Waals surface area contributed by atoms with Gasteiger partial charge in [-0.2, -0.15) is 0 Å². The van der Waals surface area contributed by atoms with Crippen LogP contribution in [-0.4, -0.2) is 66.8 Å². The molecule has 0 radical (unpaired) electrons. The van der Waals surface area contributed by atoms with Crippen LogP contribution in [-0.2, 0) is 9.59 Å². The number of rotatable bonds is 7. The Morgan fingerprint density at radius 2 is 1.58 bits per heavy atom. The maximum absolute atomic E-state index is 13.5. The molecule has 190 valence electrons. The van der Waals surface area contributed by atoms with E-state index in [-0.39, 0.29) is 29.6 Å². The Hall–Kier alpha value is -3.35. The van der Waals surface area contributed by atoms with E-state index >= 15 is 0 Å². The number of benzene rings is 2. The van der Waals surface area contributed by atoms with E-state index in [1.807, 2.05) is 58.3 Å². The van der Waals surface area contributed by atoms with Gasteiger partial charge in [0.05, 0.1) is 11.5 Å². The van der Waals surface area contributed by atoms with Crippen molar-refractivity contribution in [3.05, 3.63) is 59.7 Å². The molecule has 7 heteroatoms. The minimum Gasteiger partial charge on any atom is -0.367 e. The fourth-order valence-electron chi connectivity index (χ4n) is 5.37. The summed E-state index contributed by atoms with van der Waals surface area (Å²) in [4.78, 5) is 45.2. The number of hydrogen-bond acceptors (Lipinski definition) is 4. The van der Waals surface area contributed by atoms with Gasteiger partial charge < -0.3 is 20.0 Å². The number of amides is 3. The zero-order valence-corrected chi connectivity index (χ0v) is 21.1. The Morgan fingerprint density at radius 3 is 2.22 bits per heavy atom. The van der Waals surface area contributed by atoms with E-state index in [0.717, 1.165) is 56.4 Å². The topological polar surface area (TPSA) is 73.0 Å². The second-order valence-corrected chi connectivity index (χ2v) is 10.2. The summed E-state index contributed by atoms with van der Waals surface area (Å²) in [5, 5.41) is 3.00. The molecule has 3 amide bonds. The second kappa shape index (κ2) is 10.7. The molecule has 2 saturated heterocycles. The zero-order valence-electron chi connectivity index (χ0n) is 21.1. The van der Waals surface area contributed by atoms with Crippen molar-refractivity contribution in [3.63, 3.8) is 0 Å². The SMILES string of the molecule is CC[C@H](C(=O)N1CCN(c2ccc(NC(=O)C3CC3)cc2C(=O)N2CCCC2)CC1)c1ccccc1. The number of anilines is 2. The van der Waals surface area contributed by atoms with Crippen LogP contribution in [0, 0.1) is 5.92 Å². The molecule has 0 bridgehead atoms. The first-order valence-corrected chi connectivity index (χ1v) is 13.4. The number of nitrogens with one attached hydrogen (secondary N) is 1. The Kier molecular flexibility index (Phi) is 7.25. The smallest absolute Gasteiger partial charge is 0.256 e. The summed E-state index contributed by atoms with van der Waals surface area (Å²) >= 11 is 0. The molecule has 3 fully saturated rings. The monoisotopic (exact) mass is 488 g/mol. The van der Waals surface area contributed by atoms with Crippen molar-refractivity contribution in [2.24, 2.45) is 5.92 Å². The molecule has 7 nitrogen and oxygen atoms in total. The van der Waals surface area contributed by atoms with Crippen molar-refractivity contribution in [1.82, 2.24) is 9.80 Å². The standard InChI is InChI=1S/C29H36N4O3/c1-2-24(21-8-4-3-5-9-21)28(35)33-18-16-31(17-19-33)26-13-12-23(30-27(34)22-10-11-22)20-25(26)29(36)32-14-6-7-15-32/h3-5,8-9,12-13,20,22,24H,2,6-7,10-11,14-19H2,1H3,(H,30,34)/t24-/m0/s1. The molecule has 0 unspecified atom stereocenters. The van der Waals surface area contributed by atoms with Crippen LogP contribution in [0.15, 0.2) is 48.5 Å². The first-order valence-electron chi connectivity index (χ1n) is 13.4. The molecule has 2 aromatic carbocycles. The highest BCUT2D eigenvalue weighted by Gasteiger charge is 2.32. The highest BCUT2D eigenvalue weighted by atomic mass is 16.2. The lowest BCUT2D eigenvalue weighted by Crippen LogP contribution is -2.50. The Morgan fingerprint density at radius 1 is 0.889 bits per heavy atom.